The van der Waals surface area contributed by atoms with Gasteiger partial charge in [-0.15, -0.1) is 0 Å². The summed E-state index contributed by atoms with van der Waals surface area (Å²) in [6.07, 6.45) is 0.692. The number of likely N-dealkylation sites (tertiary alicyclic amines) is 1. The summed E-state index contributed by atoms with van der Waals surface area (Å²) in [4.78, 5) is 42.7. The number of primary amides is 1. The number of rotatable bonds is 2. The summed E-state index contributed by atoms with van der Waals surface area (Å²) in [5.41, 5.74) is 1.72. The first-order valence-corrected chi connectivity index (χ1v) is 13.0. The number of amides is 1. The predicted molar refractivity (Wildman–Crippen MR) is 136 cm³/mol. The number of hydrogen-bond donors (Lipinski definition) is 6. The van der Waals surface area contributed by atoms with E-state index in [1.54, 1.807) is 0 Å². The van der Waals surface area contributed by atoms with Gasteiger partial charge in [0.1, 0.15) is 28.7 Å². The molecule has 1 amide bonds. The summed E-state index contributed by atoms with van der Waals surface area (Å²) < 4.78 is 16.3. The maximum Gasteiger partial charge on any atom is 0.255 e. The molecule has 5 aliphatic rings. The van der Waals surface area contributed by atoms with Crippen molar-refractivity contribution in [3.05, 3.63) is 39.4 Å². The summed E-state index contributed by atoms with van der Waals surface area (Å²) >= 11 is 0. The Bertz CT molecular complexity index is 1440. The zero-order valence-electron chi connectivity index (χ0n) is 21.8. The van der Waals surface area contributed by atoms with E-state index in [1.165, 1.54) is 19.0 Å². The van der Waals surface area contributed by atoms with Gasteiger partial charge in [-0.3, -0.25) is 24.2 Å². The van der Waals surface area contributed by atoms with Crippen LogP contribution in [0.15, 0.2) is 16.9 Å². The number of aliphatic hydroxyl groups is 3. The SMILES string of the molecule is CN1CCC2CNc3c(O)c4c(c(F)c3C21)C[C@H]1C[C@H]2[C@H](N(C)C)C(=O)C(C(N)=O)=C(O)[C@@]2(O)C(=O)C1=C4O. The third-order valence-electron chi connectivity index (χ3n) is 9.47. The summed E-state index contributed by atoms with van der Waals surface area (Å²) in [6.45, 7) is 1.27. The average molecular weight is 543 g/mol. The monoisotopic (exact) mass is 542 g/mol. The van der Waals surface area contributed by atoms with Crippen molar-refractivity contribution in [3.63, 3.8) is 0 Å². The molecule has 6 rings (SSSR count). The van der Waals surface area contributed by atoms with Gasteiger partial charge < -0.3 is 31.5 Å². The molecule has 39 heavy (non-hydrogen) atoms. The van der Waals surface area contributed by atoms with E-state index in [4.69, 9.17) is 5.73 Å². The zero-order valence-corrected chi connectivity index (χ0v) is 21.8. The highest BCUT2D eigenvalue weighted by Crippen LogP contribution is 2.56. The van der Waals surface area contributed by atoms with E-state index < -0.39 is 69.6 Å². The van der Waals surface area contributed by atoms with Crippen LogP contribution in [-0.4, -0.2) is 93.6 Å². The van der Waals surface area contributed by atoms with Crippen molar-refractivity contribution in [3.8, 4) is 5.75 Å². The minimum absolute atomic E-state index is 0.0552. The third-order valence-corrected chi connectivity index (χ3v) is 9.47. The van der Waals surface area contributed by atoms with Gasteiger partial charge in [0.15, 0.2) is 11.4 Å². The lowest BCUT2D eigenvalue weighted by Crippen LogP contribution is -2.65. The number of aromatic hydroxyl groups is 1. The smallest absolute Gasteiger partial charge is 0.255 e. The van der Waals surface area contributed by atoms with E-state index in [-0.39, 0.29) is 47.2 Å². The molecule has 0 bridgehead atoms. The summed E-state index contributed by atoms with van der Waals surface area (Å²) in [7, 11) is 4.95. The fraction of sp³-hybridized carbons (Fsp3) is 0.519. The van der Waals surface area contributed by atoms with Crippen molar-refractivity contribution in [2.24, 2.45) is 23.5 Å². The number of nitrogens with zero attached hydrogens (tertiary/aromatic N) is 2. The minimum atomic E-state index is -2.73. The number of Topliss-reactive ketones (excluding diaryl/α,β-unsaturated/α-hetero) is 2. The molecular weight excluding hydrogens is 511 g/mol. The van der Waals surface area contributed by atoms with Gasteiger partial charge in [-0.2, -0.15) is 0 Å². The molecule has 7 N–H and O–H groups in total. The fourth-order valence-electron chi connectivity index (χ4n) is 7.74. The van der Waals surface area contributed by atoms with Gasteiger partial charge in [0.05, 0.1) is 17.3 Å². The van der Waals surface area contributed by atoms with Gasteiger partial charge >= 0.3 is 0 Å². The number of likely N-dealkylation sites (N-methyl/N-ethyl adjacent to an activating group) is 1. The van der Waals surface area contributed by atoms with E-state index in [0.717, 1.165) is 13.0 Å². The van der Waals surface area contributed by atoms with Crippen LogP contribution in [0.3, 0.4) is 0 Å². The van der Waals surface area contributed by atoms with Gasteiger partial charge in [-0.05, 0) is 58.8 Å². The highest BCUT2D eigenvalue weighted by Gasteiger charge is 2.64. The quantitative estimate of drug-likeness (QED) is 0.228. The standard InChI is InChI=1S/C27H31FN4O7/c1-31(2)20-12-7-10-6-11-14(22(34)18-15(17(11)28)19-9(8-30-18)4-5-32(19)3)21(33)13(10)24(36)27(12,39)25(37)16(23(20)35)26(29)38/h9-10,12,19-20,30,33-34,37,39H,4-8H2,1-3H3,(H2,29,38)/t9?,10-,12-,19?,20-,27-/m0/s1. The molecule has 208 valence electrons. The second-order valence-electron chi connectivity index (χ2n) is 11.6. The van der Waals surface area contributed by atoms with Crippen LogP contribution >= 0.6 is 0 Å². The number of benzene rings is 1. The first kappa shape index (κ1) is 25.8. The number of carbonyl (C=O) groups is 3. The molecule has 2 aliphatic heterocycles. The summed E-state index contributed by atoms with van der Waals surface area (Å²) in [6, 6.07) is -1.45. The van der Waals surface area contributed by atoms with Crippen molar-refractivity contribution in [2.75, 3.05) is 39.5 Å². The van der Waals surface area contributed by atoms with Gasteiger partial charge in [-0.1, -0.05) is 0 Å². The molecule has 1 aromatic rings. The van der Waals surface area contributed by atoms with E-state index >= 15 is 4.39 Å². The van der Waals surface area contributed by atoms with Crippen LogP contribution in [-0.2, 0) is 20.8 Å². The van der Waals surface area contributed by atoms with Crippen LogP contribution in [0.5, 0.6) is 5.75 Å². The number of nitrogens with two attached hydrogens (primary N) is 1. The number of anilines is 1. The lowest BCUT2D eigenvalue weighted by atomic mass is 9.57. The Morgan fingerprint density at radius 1 is 1.23 bits per heavy atom. The van der Waals surface area contributed by atoms with Crippen LogP contribution in [0.25, 0.3) is 5.76 Å². The summed E-state index contributed by atoms with van der Waals surface area (Å²) in [5, 5.41) is 48.4. The lowest BCUT2D eigenvalue weighted by molar-refractivity contribution is -0.153. The second-order valence-corrected chi connectivity index (χ2v) is 11.6. The first-order valence-electron chi connectivity index (χ1n) is 13.0. The molecule has 1 aromatic carbocycles. The number of aliphatic hydroxyl groups excluding tert-OH is 2. The molecule has 2 fully saturated rings. The molecule has 3 aliphatic carbocycles. The van der Waals surface area contributed by atoms with Crippen molar-refractivity contribution in [1.29, 1.82) is 0 Å². The summed E-state index contributed by atoms with van der Waals surface area (Å²) in [5.74, 6) is -7.97. The average Bonchev–Trinajstić information content (AvgIpc) is 3.24. The molecule has 0 aromatic heterocycles. The Balaban J connectivity index is 1.56. The van der Waals surface area contributed by atoms with Crippen molar-refractivity contribution < 1.29 is 39.2 Å². The molecule has 0 spiro atoms. The number of halogens is 1. The Labute approximate surface area is 223 Å². The molecule has 1 saturated heterocycles. The zero-order chi connectivity index (χ0) is 28.3. The largest absolute Gasteiger partial charge is 0.508 e. The molecule has 1 saturated carbocycles. The van der Waals surface area contributed by atoms with Gasteiger partial charge in [0.2, 0.25) is 5.78 Å². The van der Waals surface area contributed by atoms with Gasteiger partial charge in [-0.25, -0.2) is 4.39 Å². The maximum atomic E-state index is 16.3. The number of nitrogens with one attached hydrogen (secondary N) is 1. The number of ketones is 2. The molecule has 6 atom stereocenters. The fourth-order valence-corrected chi connectivity index (χ4v) is 7.74. The van der Waals surface area contributed by atoms with E-state index in [2.05, 4.69) is 5.32 Å². The van der Waals surface area contributed by atoms with E-state index in [1.807, 2.05) is 11.9 Å². The maximum absolute atomic E-state index is 16.3. The molecule has 0 radical (unpaired) electrons. The van der Waals surface area contributed by atoms with Gasteiger partial charge in [0, 0.05) is 35.2 Å². The van der Waals surface area contributed by atoms with Gasteiger partial charge in [0.25, 0.3) is 5.91 Å². The Morgan fingerprint density at radius 3 is 2.56 bits per heavy atom. The van der Waals surface area contributed by atoms with Crippen LogP contribution in [0.2, 0.25) is 0 Å². The van der Waals surface area contributed by atoms with Crippen molar-refractivity contribution >= 4 is 28.9 Å². The van der Waals surface area contributed by atoms with E-state index in [9.17, 15) is 34.8 Å². The topological polar surface area (TPSA) is 177 Å². The minimum Gasteiger partial charge on any atom is -0.508 e. The van der Waals surface area contributed by atoms with E-state index in [0.29, 0.717) is 12.1 Å². The van der Waals surface area contributed by atoms with Crippen molar-refractivity contribution in [1.82, 2.24) is 9.80 Å². The Hall–Kier alpha value is -3.48. The molecule has 11 nitrogen and oxygen atoms in total. The Morgan fingerprint density at radius 2 is 1.92 bits per heavy atom. The Kier molecular flexibility index (Phi) is 5.46. The normalized spacial score (nSPS) is 33.8. The highest BCUT2D eigenvalue weighted by atomic mass is 19.1. The number of phenolic OH excluding ortho intramolecular Hbond substituents is 1. The van der Waals surface area contributed by atoms with Crippen molar-refractivity contribution in [2.45, 2.75) is 36.9 Å². The molecule has 12 heteroatoms. The first-order chi connectivity index (χ1) is 18.3. The highest BCUT2D eigenvalue weighted by molar-refractivity contribution is 6.24. The third kappa shape index (κ3) is 3.10. The number of fused-ring (bicyclic) bond motifs is 6. The molecule has 2 unspecified atom stereocenters. The molecular formula is C27H31FN4O7. The predicted octanol–water partition coefficient (Wildman–Crippen LogP) is 0.521. The second kappa shape index (κ2) is 8.26. The van der Waals surface area contributed by atoms with Crippen LogP contribution in [0, 0.1) is 23.6 Å². The number of phenols is 1. The number of carbonyl (C=O) groups excluding carboxylic acids is 3. The van der Waals surface area contributed by atoms with Crippen LogP contribution in [0.1, 0.15) is 35.6 Å². The number of hydrogen-bond acceptors (Lipinski definition) is 10. The lowest BCUT2D eigenvalue weighted by Gasteiger charge is -2.50. The van der Waals surface area contributed by atoms with Crippen LogP contribution < -0.4 is 11.1 Å². The molecule has 2 heterocycles. The van der Waals surface area contributed by atoms with Crippen LogP contribution in [0.4, 0.5) is 10.1 Å².